The highest BCUT2D eigenvalue weighted by Gasteiger charge is 2.27. The molecule has 4 aromatic rings. The number of rotatable bonds is 7. The molecule has 0 unspecified atom stereocenters. The van der Waals surface area contributed by atoms with Crippen LogP contribution in [0.3, 0.4) is 0 Å². The van der Waals surface area contributed by atoms with Crippen molar-refractivity contribution in [3.63, 3.8) is 0 Å². The van der Waals surface area contributed by atoms with Crippen LogP contribution in [0.4, 0.5) is 0 Å². The molecule has 0 bridgehead atoms. The van der Waals surface area contributed by atoms with Crippen LogP contribution in [0.1, 0.15) is 40.4 Å². The van der Waals surface area contributed by atoms with E-state index in [0.717, 1.165) is 30.6 Å². The maximum atomic E-state index is 13.3. The van der Waals surface area contributed by atoms with Crippen molar-refractivity contribution in [2.75, 3.05) is 20.2 Å². The molecule has 0 saturated carbocycles. The van der Waals surface area contributed by atoms with Crippen molar-refractivity contribution in [3.8, 4) is 17.4 Å². The summed E-state index contributed by atoms with van der Waals surface area (Å²) in [5, 5.41) is 0. The molecule has 0 N–H and O–H groups in total. The standard InChI is InChI=1S/C27H27N5O3/c1-34-23-8-3-9-24(14-23)35-26-16-29-15-25(30-26)22-7-4-11-32(18-22)27(33)21-6-2-5-20(13-21)17-31-12-10-28-19-31/h2-3,5-6,8-10,12-16,19,22H,4,7,11,17-18H2,1H3/t22-/m0/s1. The number of imidazole rings is 1. The Kier molecular flexibility index (Phi) is 6.70. The first kappa shape index (κ1) is 22.6. The van der Waals surface area contributed by atoms with E-state index in [-0.39, 0.29) is 11.8 Å². The quantitative estimate of drug-likeness (QED) is 0.395. The lowest BCUT2D eigenvalue weighted by Gasteiger charge is -2.32. The van der Waals surface area contributed by atoms with Gasteiger partial charge in [-0.15, -0.1) is 0 Å². The van der Waals surface area contributed by atoms with Gasteiger partial charge < -0.3 is 18.9 Å². The lowest BCUT2D eigenvalue weighted by Crippen LogP contribution is -2.39. The van der Waals surface area contributed by atoms with Crippen LogP contribution >= 0.6 is 0 Å². The average molecular weight is 470 g/mol. The molecule has 0 radical (unpaired) electrons. The summed E-state index contributed by atoms with van der Waals surface area (Å²) in [6.45, 7) is 2.01. The Labute approximate surface area is 204 Å². The minimum Gasteiger partial charge on any atom is -0.497 e. The fraction of sp³-hybridized carbons (Fsp3) is 0.259. The van der Waals surface area contributed by atoms with Crippen LogP contribution in [0.25, 0.3) is 0 Å². The molecule has 1 aliphatic rings. The molecule has 8 nitrogen and oxygen atoms in total. The van der Waals surface area contributed by atoms with E-state index in [0.29, 0.717) is 36.0 Å². The molecular formula is C27H27N5O3. The second-order valence-corrected chi connectivity index (χ2v) is 8.59. The fourth-order valence-electron chi connectivity index (χ4n) is 4.37. The van der Waals surface area contributed by atoms with Gasteiger partial charge in [-0.1, -0.05) is 18.2 Å². The van der Waals surface area contributed by atoms with Gasteiger partial charge in [-0.2, -0.15) is 0 Å². The highest BCUT2D eigenvalue weighted by Crippen LogP contribution is 2.29. The number of amides is 1. The van der Waals surface area contributed by atoms with Crippen LogP contribution in [0.5, 0.6) is 17.4 Å². The van der Waals surface area contributed by atoms with Crippen LogP contribution in [0.15, 0.2) is 79.6 Å². The topological polar surface area (TPSA) is 82.4 Å². The SMILES string of the molecule is COc1cccc(Oc2cncc([C@H]3CCCN(C(=O)c4cccc(Cn5ccnc5)c4)C3)n2)c1. The lowest BCUT2D eigenvalue weighted by molar-refractivity contribution is 0.0705. The Balaban J connectivity index is 1.27. The number of methoxy groups -OCH3 is 1. The molecule has 2 aromatic carbocycles. The van der Waals surface area contributed by atoms with E-state index in [4.69, 9.17) is 14.5 Å². The number of carbonyl (C=O) groups excluding carboxylic acids is 1. The Morgan fingerprint density at radius 1 is 1.09 bits per heavy atom. The normalized spacial score (nSPS) is 15.6. The van der Waals surface area contributed by atoms with Gasteiger partial charge in [0, 0.05) is 55.8 Å². The van der Waals surface area contributed by atoms with Crippen molar-refractivity contribution in [1.29, 1.82) is 0 Å². The minimum atomic E-state index is 0.0407. The summed E-state index contributed by atoms with van der Waals surface area (Å²) in [5.41, 5.74) is 2.59. The van der Waals surface area contributed by atoms with Gasteiger partial charge in [0.05, 0.1) is 25.3 Å². The second kappa shape index (κ2) is 10.4. The number of benzene rings is 2. The Morgan fingerprint density at radius 3 is 2.83 bits per heavy atom. The predicted molar refractivity (Wildman–Crippen MR) is 131 cm³/mol. The molecule has 3 heterocycles. The first-order valence-corrected chi connectivity index (χ1v) is 11.7. The minimum absolute atomic E-state index is 0.0407. The third-order valence-corrected chi connectivity index (χ3v) is 6.12. The molecule has 178 valence electrons. The smallest absolute Gasteiger partial charge is 0.253 e. The third kappa shape index (κ3) is 5.48. The van der Waals surface area contributed by atoms with Crippen LogP contribution < -0.4 is 9.47 Å². The zero-order valence-corrected chi connectivity index (χ0v) is 19.6. The summed E-state index contributed by atoms with van der Waals surface area (Å²) in [4.78, 5) is 28.4. The van der Waals surface area contributed by atoms with Crippen molar-refractivity contribution in [1.82, 2.24) is 24.4 Å². The van der Waals surface area contributed by atoms with Gasteiger partial charge in [0.2, 0.25) is 5.88 Å². The van der Waals surface area contributed by atoms with E-state index in [1.807, 2.05) is 58.1 Å². The molecule has 1 aliphatic heterocycles. The van der Waals surface area contributed by atoms with Crippen molar-refractivity contribution < 1.29 is 14.3 Å². The number of aromatic nitrogens is 4. The summed E-state index contributed by atoms with van der Waals surface area (Å²) >= 11 is 0. The van der Waals surface area contributed by atoms with Crippen LogP contribution in [-0.2, 0) is 6.54 Å². The van der Waals surface area contributed by atoms with Crippen molar-refractivity contribution in [3.05, 3.63) is 96.5 Å². The number of nitrogens with zero attached hydrogens (tertiary/aromatic N) is 5. The number of ether oxygens (including phenoxy) is 2. The molecule has 1 amide bonds. The number of carbonyl (C=O) groups is 1. The van der Waals surface area contributed by atoms with Gasteiger partial charge in [0.25, 0.3) is 5.91 Å². The molecule has 35 heavy (non-hydrogen) atoms. The molecular weight excluding hydrogens is 442 g/mol. The van der Waals surface area contributed by atoms with Crippen molar-refractivity contribution in [2.24, 2.45) is 0 Å². The molecule has 5 rings (SSSR count). The van der Waals surface area contributed by atoms with E-state index in [1.54, 1.807) is 38.1 Å². The Morgan fingerprint density at radius 2 is 1.97 bits per heavy atom. The highest BCUT2D eigenvalue weighted by atomic mass is 16.5. The van der Waals surface area contributed by atoms with E-state index in [9.17, 15) is 4.79 Å². The van der Waals surface area contributed by atoms with Crippen molar-refractivity contribution >= 4 is 5.91 Å². The molecule has 1 fully saturated rings. The number of hydrogen-bond donors (Lipinski definition) is 0. The van der Waals surface area contributed by atoms with Crippen LogP contribution in [0, 0.1) is 0 Å². The Bertz CT molecular complexity index is 1290. The molecule has 8 heteroatoms. The zero-order valence-electron chi connectivity index (χ0n) is 19.6. The van der Waals surface area contributed by atoms with E-state index in [2.05, 4.69) is 9.97 Å². The number of likely N-dealkylation sites (tertiary alicyclic amines) is 1. The summed E-state index contributed by atoms with van der Waals surface area (Å²) in [7, 11) is 1.62. The largest absolute Gasteiger partial charge is 0.497 e. The summed E-state index contributed by atoms with van der Waals surface area (Å²) in [5.74, 6) is 1.91. The maximum absolute atomic E-state index is 13.3. The highest BCUT2D eigenvalue weighted by molar-refractivity contribution is 5.94. The summed E-state index contributed by atoms with van der Waals surface area (Å²) < 4.78 is 13.2. The first-order chi connectivity index (χ1) is 17.2. The monoisotopic (exact) mass is 469 g/mol. The number of piperidine rings is 1. The van der Waals surface area contributed by atoms with Gasteiger partial charge in [-0.3, -0.25) is 9.78 Å². The van der Waals surface area contributed by atoms with Gasteiger partial charge in [-0.25, -0.2) is 9.97 Å². The third-order valence-electron chi connectivity index (χ3n) is 6.12. The van der Waals surface area contributed by atoms with Crippen LogP contribution in [0.2, 0.25) is 0 Å². The molecule has 0 spiro atoms. The van der Waals surface area contributed by atoms with Gasteiger partial charge in [0.1, 0.15) is 11.5 Å². The predicted octanol–water partition coefficient (Wildman–Crippen LogP) is 4.54. The number of hydrogen-bond acceptors (Lipinski definition) is 6. The molecule has 0 aliphatic carbocycles. The van der Waals surface area contributed by atoms with Crippen LogP contribution in [-0.4, -0.2) is 50.5 Å². The van der Waals surface area contributed by atoms with E-state index < -0.39 is 0 Å². The summed E-state index contributed by atoms with van der Waals surface area (Å²) in [6, 6.07) is 15.2. The average Bonchev–Trinajstić information content (AvgIpc) is 3.42. The van der Waals surface area contributed by atoms with E-state index >= 15 is 0 Å². The maximum Gasteiger partial charge on any atom is 0.253 e. The fourth-order valence-corrected chi connectivity index (χ4v) is 4.37. The van der Waals surface area contributed by atoms with Gasteiger partial charge in [0.15, 0.2) is 0 Å². The molecule has 1 saturated heterocycles. The van der Waals surface area contributed by atoms with Crippen molar-refractivity contribution in [2.45, 2.75) is 25.3 Å². The lowest BCUT2D eigenvalue weighted by atomic mass is 9.94. The molecule has 2 aromatic heterocycles. The second-order valence-electron chi connectivity index (χ2n) is 8.59. The van der Waals surface area contributed by atoms with Gasteiger partial charge >= 0.3 is 0 Å². The first-order valence-electron chi connectivity index (χ1n) is 11.7. The Hall–Kier alpha value is -4.20. The zero-order chi connectivity index (χ0) is 24.0. The summed E-state index contributed by atoms with van der Waals surface area (Å²) in [6.07, 6.45) is 10.7. The van der Waals surface area contributed by atoms with Gasteiger partial charge in [-0.05, 0) is 42.7 Å². The van der Waals surface area contributed by atoms with E-state index in [1.165, 1.54) is 0 Å². The molecule has 1 atom stereocenters.